The molecule has 1 fully saturated rings. The highest BCUT2D eigenvalue weighted by atomic mass is 16.5. The van der Waals surface area contributed by atoms with Crippen molar-refractivity contribution >= 4 is 5.91 Å². The highest BCUT2D eigenvalue weighted by Gasteiger charge is 2.31. The molecule has 7 heteroatoms. The number of imidazole rings is 1. The number of hydrogen-bond donors (Lipinski definition) is 1. The average molecular weight is 387 g/mol. The second kappa shape index (κ2) is 9.10. The Kier molecular flexibility index (Phi) is 6.57. The number of aromatic nitrogens is 2. The average Bonchev–Trinajstić information content (AvgIpc) is 3.16. The van der Waals surface area contributed by atoms with Crippen molar-refractivity contribution in [2.24, 2.45) is 13.0 Å². The van der Waals surface area contributed by atoms with E-state index in [9.17, 15) is 4.79 Å². The topological polar surface area (TPSA) is 74.6 Å². The molecule has 1 aliphatic rings. The number of aryl methyl sites for hydroxylation is 1. The van der Waals surface area contributed by atoms with E-state index in [1.165, 1.54) is 0 Å². The molecule has 28 heavy (non-hydrogen) atoms. The summed E-state index contributed by atoms with van der Waals surface area (Å²) in [4.78, 5) is 17.6. The molecule has 0 aliphatic heterocycles. The van der Waals surface area contributed by atoms with Crippen LogP contribution < -0.4 is 14.8 Å². The first kappa shape index (κ1) is 20.2. The summed E-state index contributed by atoms with van der Waals surface area (Å²) in [6, 6.07) is 5.23. The summed E-state index contributed by atoms with van der Waals surface area (Å²) < 4.78 is 18.4. The van der Waals surface area contributed by atoms with Crippen LogP contribution in [0, 0.1) is 5.92 Å². The summed E-state index contributed by atoms with van der Waals surface area (Å²) in [6.45, 7) is 0. The van der Waals surface area contributed by atoms with Crippen molar-refractivity contribution in [2.45, 2.75) is 37.8 Å². The van der Waals surface area contributed by atoms with E-state index < -0.39 is 6.04 Å². The van der Waals surface area contributed by atoms with Crippen LogP contribution in [0.5, 0.6) is 11.5 Å². The van der Waals surface area contributed by atoms with Crippen LogP contribution in [0.15, 0.2) is 30.6 Å². The van der Waals surface area contributed by atoms with Gasteiger partial charge in [0.05, 0.1) is 20.3 Å². The van der Waals surface area contributed by atoms with Gasteiger partial charge in [0.25, 0.3) is 0 Å². The molecule has 7 nitrogen and oxygen atoms in total. The first-order chi connectivity index (χ1) is 13.6. The fourth-order valence-corrected chi connectivity index (χ4v) is 3.90. The number of methoxy groups -OCH3 is 3. The lowest BCUT2D eigenvalue weighted by Gasteiger charge is -2.29. The Morgan fingerprint density at radius 1 is 1.18 bits per heavy atom. The maximum atomic E-state index is 13.1. The first-order valence-corrected chi connectivity index (χ1v) is 9.60. The maximum Gasteiger partial charge on any atom is 0.223 e. The van der Waals surface area contributed by atoms with Crippen LogP contribution in [0.1, 0.15) is 43.1 Å². The summed E-state index contributed by atoms with van der Waals surface area (Å²) in [7, 11) is 6.85. The van der Waals surface area contributed by atoms with E-state index in [0.717, 1.165) is 37.1 Å². The Balaban J connectivity index is 1.90. The monoisotopic (exact) mass is 387 g/mol. The number of nitrogens with zero attached hydrogens (tertiary/aromatic N) is 2. The van der Waals surface area contributed by atoms with E-state index in [0.29, 0.717) is 11.5 Å². The van der Waals surface area contributed by atoms with Crippen molar-refractivity contribution in [3.63, 3.8) is 0 Å². The smallest absolute Gasteiger partial charge is 0.223 e. The lowest BCUT2D eigenvalue weighted by atomic mass is 9.86. The van der Waals surface area contributed by atoms with Gasteiger partial charge >= 0.3 is 0 Å². The summed E-state index contributed by atoms with van der Waals surface area (Å²) in [6.07, 6.45) is 7.32. The predicted octanol–water partition coefficient (Wildman–Crippen LogP) is 2.85. The normalized spacial score (nSPS) is 20.4. The molecule has 152 valence electrons. The van der Waals surface area contributed by atoms with Crippen LogP contribution in [-0.4, -0.2) is 42.9 Å². The molecule has 0 saturated heterocycles. The van der Waals surface area contributed by atoms with E-state index in [-0.39, 0.29) is 17.9 Å². The third-order valence-corrected chi connectivity index (χ3v) is 5.53. The maximum absolute atomic E-state index is 13.1. The zero-order valence-corrected chi connectivity index (χ0v) is 17.0. The van der Waals surface area contributed by atoms with Gasteiger partial charge in [-0.1, -0.05) is 12.1 Å². The molecule has 0 unspecified atom stereocenters. The van der Waals surface area contributed by atoms with E-state index in [1.54, 1.807) is 27.5 Å². The third kappa shape index (κ3) is 4.14. The van der Waals surface area contributed by atoms with Gasteiger partial charge in [0.2, 0.25) is 5.91 Å². The number of amides is 1. The summed E-state index contributed by atoms with van der Waals surface area (Å²) in [5, 5.41) is 3.21. The number of carbonyl (C=O) groups excluding carboxylic acids is 1. The molecule has 1 atom stereocenters. The number of para-hydroxylation sites is 1. The Morgan fingerprint density at radius 3 is 2.50 bits per heavy atom. The minimum absolute atomic E-state index is 0.0224. The zero-order valence-electron chi connectivity index (χ0n) is 17.0. The molecule has 3 rings (SSSR count). The minimum Gasteiger partial charge on any atom is -0.493 e. The van der Waals surface area contributed by atoms with Gasteiger partial charge in [0.1, 0.15) is 11.9 Å². The number of ether oxygens (including phenoxy) is 3. The van der Waals surface area contributed by atoms with Crippen LogP contribution in [0.3, 0.4) is 0 Å². The molecule has 1 aliphatic carbocycles. The van der Waals surface area contributed by atoms with E-state index in [1.807, 2.05) is 36.0 Å². The van der Waals surface area contributed by atoms with Gasteiger partial charge in [0.15, 0.2) is 11.5 Å². The lowest BCUT2D eigenvalue weighted by molar-refractivity contribution is -0.127. The Hall–Kier alpha value is -2.54. The quantitative estimate of drug-likeness (QED) is 0.791. The number of nitrogens with one attached hydrogen (secondary N) is 1. The number of benzene rings is 1. The van der Waals surface area contributed by atoms with E-state index in [4.69, 9.17) is 14.2 Å². The van der Waals surface area contributed by atoms with Crippen LogP contribution in [-0.2, 0) is 16.6 Å². The van der Waals surface area contributed by atoms with Crippen molar-refractivity contribution in [3.8, 4) is 11.5 Å². The Bertz CT molecular complexity index is 797. The molecule has 0 spiro atoms. The van der Waals surface area contributed by atoms with Crippen molar-refractivity contribution in [3.05, 3.63) is 42.0 Å². The highest BCUT2D eigenvalue weighted by molar-refractivity contribution is 5.79. The van der Waals surface area contributed by atoms with Crippen molar-refractivity contribution in [2.75, 3.05) is 21.3 Å². The minimum atomic E-state index is -0.433. The van der Waals surface area contributed by atoms with E-state index in [2.05, 4.69) is 10.3 Å². The molecule has 0 radical (unpaired) electrons. The predicted molar refractivity (Wildman–Crippen MR) is 105 cm³/mol. The van der Waals surface area contributed by atoms with Gasteiger partial charge in [-0.25, -0.2) is 4.98 Å². The summed E-state index contributed by atoms with van der Waals surface area (Å²) >= 11 is 0. The standard InChI is InChI=1S/C21H29N3O4/c1-24-13-12-22-20(24)18(16-6-5-7-17(27-3)19(16)28-4)23-21(25)14-8-10-15(26-2)11-9-14/h5-7,12-15,18H,8-11H2,1-4H3,(H,23,25)/t14?,15?,18-/m0/s1. The van der Waals surface area contributed by atoms with Gasteiger partial charge in [-0.3, -0.25) is 4.79 Å². The summed E-state index contributed by atoms with van der Waals surface area (Å²) in [5.41, 5.74) is 0.815. The number of hydrogen-bond acceptors (Lipinski definition) is 5. The zero-order chi connectivity index (χ0) is 20.1. The van der Waals surface area contributed by atoms with Crippen molar-refractivity contribution in [1.82, 2.24) is 14.9 Å². The van der Waals surface area contributed by atoms with Gasteiger partial charge < -0.3 is 24.1 Å². The molecule has 1 amide bonds. The SMILES string of the molecule is COc1cccc([C@H](NC(=O)C2CCC(OC)CC2)c2nccn2C)c1OC. The molecular weight excluding hydrogens is 358 g/mol. The molecule has 1 heterocycles. The van der Waals surface area contributed by atoms with Crippen LogP contribution in [0.25, 0.3) is 0 Å². The van der Waals surface area contributed by atoms with Crippen LogP contribution in [0.2, 0.25) is 0 Å². The molecule has 1 saturated carbocycles. The second-order valence-electron chi connectivity index (χ2n) is 7.13. The van der Waals surface area contributed by atoms with Gasteiger partial charge in [-0.2, -0.15) is 0 Å². The lowest BCUT2D eigenvalue weighted by Crippen LogP contribution is -2.38. The van der Waals surface area contributed by atoms with E-state index >= 15 is 0 Å². The second-order valence-corrected chi connectivity index (χ2v) is 7.13. The van der Waals surface area contributed by atoms with Gasteiger partial charge in [-0.05, 0) is 31.7 Å². The summed E-state index contributed by atoms with van der Waals surface area (Å²) in [5.74, 6) is 1.97. The van der Waals surface area contributed by atoms with Gasteiger partial charge in [0, 0.05) is 38.0 Å². The number of carbonyl (C=O) groups is 1. The highest BCUT2D eigenvalue weighted by Crippen LogP contribution is 2.37. The molecule has 1 N–H and O–H groups in total. The molecular formula is C21H29N3O4. The van der Waals surface area contributed by atoms with Gasteiger partial charge in [-0.15, -0.1) is 0 Å². The Morgan fingerprint density at radius 2 is 1.93 bits per heavy atom. The van der Waals surface area contributed by atoms with Crippen molar-refractivity contribution in [1.29, 1.82) is 0 Å². The Labute approximate surface area is 166 Å². The fraction of sp³-hybridized carbons (Fsp3) is 0.524. The first-order valence-electron chi connectivity index (χ1n) is 9.60. The molecule has 0 bridgehead atoms. The fourth-order valence-electron chi connectivity index (χ4n) is 3.90. The van der Waals surface area contributed by atoms with Crippen molar-refractivity contribution < 1.29 is 19.0 Å². The van der Waals surface area contributed by atoms with Crippen LogP contribution >= 0.6 is 0 Å². The third-order valence-electron chi connectivity index (χ3n) is 5.53. The van der Waals surface area contributed by atoms with Crippen LogP contribution in [0.4, 0.5) is 0 Å². The molecule has 2 aromatic rings. The molecule has 1 aromatic heterocycles. The molecule has 1 aromatic carbocycles. The number of rotatable bonds is 7. The largest absolute Gasteiger partial charge is 0.493 e.